The Morgan fingerprint density at radius 2 is 2.17 bits per heavy atom. The summed E-state index contributed by atoms with van der Waals surface area (Å²) in [5, 5.41) is 0. The first-order valence-corrected chi connectivity index (χ1v) is 8.22. The lowest BCUT2D eigenvalue weighted by molar-refractivity contribution is -0.149. The van der Waals surface area contributed by atoms with Crippen LogP contribution in [-0.4, -0.2) is 28.2 Å². The van der Waals surface area contributed by atoms with E-state index in [2.05, 4.69) is 4.98 Å². The molecule has 1 saturated heterocycles. The normalized spacial score (nSPS) is 19.8. The number of esters is 1. The molecule has 1 fully saturated rings. The molecule has 0 saturated carbocycles. The average Bonchev–Trinajstić information content (AvgIpc) is 2.99. The Bertz CT molecular complexity index is 603. The summed E-state index contributed by atoms with van der Waals surface area (Å²) in [6.45, 7) is 7.98. The van der Waals surface area contributed by atoms with Crippen LogP contribution in [-0.2, 0) is 14.3 Å². The molecule has 0 radical (unpaired) electrons. The van der Waals surface area contributed by atoms with Crippen LogP contribution in [0, 0.1) is 11.7 Å². The van der Waals surface area contributed by atoms with Crippen molar-refractivity contribution in [3.8, 4) is 0 Å². The first-order valence-electron chi connectivity index (χ1n) is 8.22. The molecule has 2 unspecified atom stereocenters. The Hall–Kier alpha value is -1.96. The van der Waals surface area contributed by atoms with Crippen molar-refractivity contribution in [2.24, 2.45) is 5.92 Å². The van der Waals surface area contributed by atoms with Crippen LogP contribution in [0.15, 0.2) is 11.0 Å². The van der Waals surface area contributed by atoms with Crippen LogP contribution in [0.3, 0.4) is 0 Å². The molecule has 2 N–H and O–H groups in total. The van der Waals surface area contributed by atoms with E-state index in [1.165, 1.54) is 0 Å². The highest BCUT2D eigenvalue weighted by Crippen LogP contribution is 2.27. The number of hydrogen-bond acceptors (Lipinski definition) is 6. The molecule has 136 valence electrons. The zero-order chi connectivity index (χ0) is 18.3. The molecule has 1 aliphatic heterocycles. The fourth-order valence-corrected chi connectivity index (χ4v) is 2.26. The van der Waals surface area contributed by atoms with Crippen molar-refractivity contribution in [2.75, 3.05) is 12.3 Å². The largest absolute Gasteiger partial charge is 0.463 e. The van der Waals surface area contributed by atoms with Gasteiger partial charge >= 0.3 is 11.7 Å². The molecular weight excluding hydrogens is 317 g/mol. The fraction of sp³-hybridized carbons (Fsp3) is 0.688. The molecule has 0 aliphatic carbocycles. The van der Waals surface area contributed by atoms with Crippen molar-refractivity contribution < 1.29 is 18.7 Å². The van der Waals surface area contributed by atoms with Crippen LogP contribution >= 0.6 is 0 Å². The molecule has 0 bridgehead atoms. The van der Waals surface area contributed by atoms with Crippen molar-refractivity contribution in [3.63, 3.8) is 0 Å². The van der Waals surface area contributed by atoms with Gasteiger partial charge in [-0.15, -0.1) is 0 Å². The van der Waals surface area contributed by atoms with Crippen LogP contribution in [0.25, 0.3) is 0 Å². The molecule has 2 heterocycles. The van der Waals surface area contributed by atoms with Crippen molar-refractivity contribution in [2.45, 2.75) is 59.3 Å². The molecule has 7 nitrogen and oxygen atoms in total. The monoisotopic (exact) mass is 343 g/mol. The maximum atomic E-state index is 13.4. The standard InChI is InChI=1S/C14H20FN3O4.C2H6/c1-8(2)5-12(19)21-7-9-3-4-11(22-9)18-6-10(15)13(16)17-14(18)20;1-2/h6,8-9,11H,3-5,7H2,1-2H3,(H2,16,17,20);1-2H3. The average molecular weight is 343 g/mol. The molecule has 1 aliphatic rings. The zero-order valence-corrected chi connectivity index (χ0v) is 14.6. The number of hydrogen-bond donors (Lipinski definition) is 1. The maximum absolute atomic E-state index is 13.4. The summed E-state index contributed by atoms with van der Waals surface area (Å²) in [5.74, 6) is -1.25. The highest BCUT2D eigenvalue weighted by Gasteiger charge is 2.29. The molecule has 2 rings (SSSR count). The lowest BCUT2D eigenvalue weighted by Gasteiger charge is -2.16. The van der Waals surface area contributed by atoms with Gasteiger partial charge in [0.05, 0.1) is 12.3 Å². The lowest BCUT2D eigenvalue weighted by atomic mass is 10.1. The molecule has 0 amide bonds. The number of halogens is 1. The Labute approximate surface area is 141 Å². The van der Waals surface area contributed by atoms with Gasteiger partial charge in [0.2, 0.25) is 0 Å². The molecular formula is C16H26FN3O4. The Morgan fingerprint density at radius 3 is 2.79 bits per heavy atom. The van der Waals surface area contributed by atoms with E-state index >= 15 is 0 Å². The highest BCUT2D eigenvalue weighted by molar-refractivity contribution is 5.69. The minimum atomic E-state index is -0.769. The van der Waals surface area contributed by atoms with Crippen LogP contribution in [0.1, 0.15) is 53.2 Å². The third kappa shape index (κ3) is 5.59. The van der Waals surface area contributed by atoms with Crippen LogP contribution in [0.2, 0.25) is 0 Å². The van der Waals surface area contributed by atoms with Crippen LogP contribution in [0.4, 0.5) is 10.2 Å². The van der Waals surface area contributed by atoms with E-state index in [9.17, 15) is 14.0 Å². The summed E-state index contributed by atoms with van der Waals surface area (Å²) in [6, 6.07) is 0. The summed E-state index contributed by atoms with van der Waals surface area (Å²) in [5.41, 5.74) is 4.57. The number of carbonyl (C=O) groups is 1. The third-order valence-electron chi connectivity index (χ3n) is 3.33. The van der Waals surface area contributed by atoms with E-state index in [1.807, 2.05) is 27.7 Å². The van der Waals surface area contributed by atoms with Gasteiger partial charge in [-0.05, 0) is 18.8 Å². The predicted octanol–water partition coefficient (Wildman–Crippen LogP) is 2.26. The number of nitrogens with zero attached hydrogens (tertiary/aromatic N) is 2. The van der Waals surface area contributed by atoms with Gasteiger partial charge in [0.25, 0.3) is 0 Å². The van der Waals surface area contributed by atoms with Gasteiger partial charge in [-0.2, -0.15) is 4.98 Å². The minimum Gasteiger partial charge on any atom is -0.463 e. The maximum Gasteiger partial charge on any atom is 0.351 e. The van der Waals surface area contributed by atoms with Gasteiger partial charge in [-0.25, -0.2) is 9.18 Å². The number of ether oxygens (including phenoxy) is 2. The Balaban J connectivity index is 0.00000139. The minimum absolute atomic E-state index is 0.127. The highest BCUT2D eigenvalue weighted by atomic mass is 19.1. The van der Waals surface area contributed by atoms with E-state index in [4.69, 9.17) is 15.2 Å². The molecule has 0 spiro atoms. The first-order chi connectivity index (χ1) is 11.4. The molecule has 0 aromatic carbocycles. The third-order valence-corrected chi connectivity index (χ3v) is 3.33. The molecule has 24 heavy (non-hydrogen) atoms. The smallest absolute Gasteiger partial charge is 0.351 e. The summed E-state index contributed by atoms with van der Waals surface area (Å²) in [6.07, 6.45) is 1.53. The van der Waals surface area contributed by atoms with Gasteiger partial charge in [0.1, 0.15) is 12.8 Å². The van der Waals surface area contributed by atoms with Crippen LogP contribution in [0.5, 0.6) is 0 Å². The van der Waals surface area contributed by atoms with E-state index < -0.39 is 23.6 Å². The second-order valence-electron chi connectivity index (χ2n) is 5.74. The number of aromatic nitrogens is 2. The fourth-order valence-electron chi connectivity index (χ4n) is 2.26. The number of anilines is 1. The number of nitrogens with two attached hydrogens (primary N) is 1. The van der Waals surface area contributed by atoms with E-state index in [0.717, 1.165) is 10.8 Å². The van der Waals surface area contributed by atoms with E-state index in [0.29, 0.717) is 19.3 Å². The number of nitrogen functional groups attached to an aromatic ring is 1. The lowest BCUT2D eigenvalue weighted by Crippen LogP contribution is -2.29. The second-order valence-corrected chi connectivity index (χ2v) is 5.74. The number of rotatable bonds is 5. The first kappa shape index (κ1) is 20.1. The summed E-state index contributed by atoms with van der Waals surface area (Å²) >= 11 is 0. The van der Waals surface area contributed by atoms with Crippen molar-refractivity contribution in [1.82, 2.24) is 9.55 Å². The van der Waals surface area contributed by atoms with Crippen molar-refractivity contribution in [3.05, 3.63) is 22.5 Å². The van der Waals surface area contributed by atoms with Crippen LogP contribution < -0.4 is 11.4 Å². The van der Waals surface area contributed by atoms with Gasteiger partial charge in [0.15, 0.2) is 11.6 Å². The van der Waals surface area contributed by atoms with Gasteiger partial charge in [-0.3, -0.25) is 9.36 Å². The Kier molecular flexibility index (Phi) is 7.84. The molecule has 1 aromatic rings. The summed E-state index contributed by atoms with van der Waals surface area (Å²) in [7, 11) is 0. The zero-order valence-electron chi connectivity index (χ0n) is 14.6. The van der Waals surface area contributed by atoms with Crippen molar-refractivity contribution >= 4 is 11.8 Å². The quantitative estimate of drug-likeness (QED) is 0.824. The predicted molar refractivity (Wildman–Crippen MR) is 87.8 cm³/mol. The van der Waals surface area contributed by atoms with Gasteiger partial charge in [0, 0.05) is 6.42 Å². The topological polar surface area (TPSA) is 96.4 Å². The van der Waals surface area contributed by atoms with E-state index in [1.54, 1.807) is 0 Å². The SMILES string of the molecule is CC.CC(C)CC(=O)OCC1CCC(n2cc(F)c(N)nc2=O)O1. The summed E-state index contributed by atoms with van der Waals surface area (Å²) < 4.78 is 25.2. The molecule has 8 heteroatoms. The van der Waals surface area contributed by atoms with Gasteiger partial charge in [-0.1, -0.05) is 27.7 Å². The van der Waals surface area contributed by atoms with Gasteiger partial charge < -0.3 is 15.2 Å². The number of carbonyl (C=O) groups excluding carboxylic acids is 1. The molecule has 2 atom stereocenters. The molecule has 1 aromatic heterocycles. The summed E-state index contributed by atoms with van der Waals surface area (Å²) in [4.78, 5) is 26.6. The second kappa shape index (κ2) is 9.36. The van der Waals surface area contributed by atoms with Crippen molar-refractivity contribution in [1.29, 1.82) is 0 Å². The van der Waals surface area contributed by atoms with E-state index in [-0.39, 0.29) is 24.6 Å². The Morgan fingerprint density at radius 1 is 1.50 bits per heavy atom.